The number of halogens is 4. The zero-order chi connectivity index (χ0) is 25.0. The molecule has 0 N–H and O–H groups in total. The van der Waals surface area contributed by atoms with Crippen LogP contribution in [-0.2, 0) is 67.1 Å². The standard InChI is InChI=1S/2C13H13P.4ClH.2Fe.2Pd/c2*1-14(12-8-4-2-5-9-12)13-10-6-3-7-11-13;;;;;;;;/h2*2-11H,1H3;4*1H;;;;/q;;;;;;2*+2;;/p-4. The van der Waals surface area contributed by atoms with Crippen LogP contribution in [0.3, 0.4) is 0 Å². The van der Waals surface area contributed by atoms with Gasteiger partial charge in [0.15, 0.2) is 0 Å². The summed E-state index contributed by atoms with van der Waals surface area (Å²) in [5.41, 5.74) is 0. The minimum Gasteiger partial charge on any atom is 0 e. The van der Waals surface area contributed by atoms with Crippen LogP contribution in [-0.4, -0.2) is 13.3 Å². The van der Waals surface area contributed by atoms with E-state index in [1.54, 1.807) is 0 Å². The van der Waals surface area contributed by atoms with Gasteiger partial charge in [-0.05, 0) is 50.4 Å². The molecule has 0 saturated heterocycles. The van der Waals surface area contributed by atoms with E-state index >= 15 is 0 Å². The largest absolute Gasteiger partial charge is 0 e. The van der Waals surface area contributed by atoms with E-state index in [4.69, 9.17) is 40.4 Å². The fourth-order valence-electron chi connectivity index (χ4n) is 2.90. The first-order valence-corrected chi connectivity index (χ1v) is 19.6. The minimum absolute atomic E-state index is 0. The predicted octanol–water partition coefficient (Wildman–Crippen LogP) is 8.25. The Balaban J connectivity index is 0. The van der Waals surface area contributed by atoms with Crippen molar-refractivity contribution in [2.45, 2.75) is 0 Å². The Kier molecular flexibility index (Phi) is 29.0. The SMILES string of the molecule is CP(c1ccccc1)c1ccccc1.CP(c1ccccc1)c1ccccc1.[Cl][Fe][Cl].[Cl][Fe][Cl].[Pd].[Pd]. The summed E-state index contributed by atoms with van der Waals surface area (Å²) in [6.07, 6.45) is 0. The van der Waals surface area contributed by atoms with Crippen molar-refractivity contribution in [1.82, 2.24) is 0 Å². The van der Waals surface area contributed by atoms with E-state index in [1.807, 2.05) is 0 Å². The van der Waals surface area contributed by atoms with E-state index in [0.29, 0.717) is 0 Å². The molecule has 0 radical (unpaired) electrons. The van der Waals surface area contributed by atoms with E-state index in [-0.39, 0.29) is 83.0 Å². The van der Waals surface area contributed by atoms with Gasteiger partial charge in [-0.25, -0.2) is 0 Å². The topological polar surface area (TPSA) is 0 Å². The van der Waals surface area contributed by atoms with Crippen molar-refractivity contribution in [3.8, 4) is 0 Å². The second kappa shape index (κ2) is 26.5. The van der Waals surface area contributed by atoms with Gasteiger partial charge in [0.2, 0.25) is 0 Å². The van der Waals surface area contributed by atoms with Crippen LogP contribution in [0.5, 0.6) is 0 Å². The fraction of sp³-hybridized carbons (Fsp3) is 0.0769. The van der Waals surface area contributed by atoms with Crippen LogP contribution >= 0.6 is 56.2 Å². The normalized spacial score (nSPS) is 9.33. The summed E-state index contributed by atoms with van der Waals surface area (Å²) in [6.45, 7) is 4.61. The summed E-state index contributed by atoms with van der Waals surface area (Å²) in [5, 5.41) is 5.75. The molecule has 10 heteroatoms. The Hall–Kier alpha value is 1.26. The first kappa shape index (κ1) is 39.4. The number of rotatable bonds is 4. The molecule has 0 atom stereocenters. The molecule has 0 aliphatic carbocycles. The molecule has 36 heavy (non-hydrogen) atoms. The van der Waals surface area contributed by atoms with E-state index in [1.165, 1.54) is 21.2 Å². The summed E-state index contributed by atoms with van der Waals surface area (Å²) in [5.74, 6) is 0. The summed E-state index contributed by atoms with van der Waals surface area (Å²) < 4.78 is 0. The van der Waals surface area contributed by atoms with Gasteiger partial charge in [-0.1, -0.05) is 121 Å². The van der Waals surface area contributed by atoms with Crippen LogP contribution in [0.1, 0.15) is 0 Å². The Morgan fingerprint density at radius 2 is 0.528 bits per heavy atom. The summed E-state index contributed by atoms with van der Waals surface area (Å²) >= 11 is 0.389. The average Bonchev–Trinajstić information content (AvgIpc) is 2.91. The predicted molar refractivity (Wildman–Crippen MR) is 153 cm³/mol. The average molecular weight is 867 g/mol. The molecule has 0 spiro atoms. The monoisotopic (exact) mass is 864 g/mol. The molecule has 0 unspecified atom stereocenters. The van der Waals surface area contributed by atoms with Crippen molar-refractivity contribution in [2.24, 2.45) is 0 Å². The Labute approximate surface area is 276 Å². The van der Waals surface area contributed by atoms with Crippen molar-refractivity contribution in [3.63, 3.8) is 0 Å². The van der Waals surface area contributed by atoms with Gasteiger partial charge in [0.25, 0.3) is 0 Å². The fourth-order valence-corrected chi connectivity index (χ4v) is 5.98. The van der Waals surface area contributed by atoms with Crippen molar-refractivity contribution in [2.75, 3.05) is 13.3 Å². The van der Waals surface area contributed by atoms with Gasteiger partial charge in [0, 0.05) is 40.8 Å². The molecule has 0 aromatic heterocycles. The van der Waals surface area contributed by atoms with Crippen molar-refractivity contribution >= 4 is 77.5 Å². The summed E-state index contributed by atoms with van der Waals surface area (Å²) in [6, 6.07) is 42.8. The van der Waals surface area contributed by atoms with E-state index in [2.05, 4.69) is 135 Å². The summed E-state index contributed by atoms with van der Waals surface area (Å²) in [7, 11) is 18.7. The minimum atomic E-state index is -0.171. The Bertz CT molecular complexity index is 832. The maximum Gasteiger partial charge on any atom is 0 e. The van der Waals surface area contributed by atoms with Crippen LogP contribution in [0, 0.1) is 0 Å². The third-order valence-corrected chi connectivity index (χ3v) is 8.86. The molecule has 0 aliphatic rings. The van der Waals surface area contributed by atoms with Gasteiger partial charge in [-0.3, -0.25) is 0 Å². The molecule has 0 bridgehead atoms. The second-order valence-corrected chi connectivity index (χ2v) is 14.5. The van der Waals surface area contributed by atoms with Crippen molar-refractivity contribution in [3.05, 3.63) is 121 Å². The number of benzene rings is 4. The van der Waals surface area contributed by atoms with Gasteiger partial charge < -0.3 is 0 Å². The van der Waals surface area contributed by atoms with Crippen molar-refractivity contribution < 1.29 is 67.1 Å². The third-order valence-electron chi connectivity index (χ3n) is 4.57. The third kappa shape index (κ3) is 17.1. The van der Waals surface area contributed by atoms with Gasteiger partial charge >= 0.3 is 66.7 Å². The van der Waals surface area contributed by atoms with Crippen molar-refractivity contribution in [1.29, 1.82) is 0 Å². The first-order chi connectivity index (χ1) is 16.6. The maximum atomic E-state index is 4.76. The molecule has 204 valence electrons. The molecular weight excluding hydrogens is 841 g/mol. The molecule has 0 aliphatic heterocycles. The number of hydrogen-bond acceptors (Lipinski definition) is 0. The zero-order valence-corrected chi connectivity index (χ0v) is 29.4. The first-order valence-electron chi connectivity index (χ1n) is 9.97. The van der Waals surface area contributed by atoms with E-state index in [9.17, 15) is 0 Å². The molecule has 4 rings (SSSR count). The van der Waals surface area contributed by atoms with Gasteiger partial charge in [0.05, 0.1) is 0 Å². The summed E-state index contributed by atoms with van der Waals surface area (Å²) in [4.78, 5) is 0. The van der Waals surface area contributed by atoms with Crippen LogP contribution in [0.25, 0.3) is 0 Å². The second-order valence-electron chi connectivity index (χ2n) is 6.56. The van der Waals surface area contributed by atoms with Gasteiger partial charge in [-0.2, -0.15) is 0 Å². The van der Waals surface area contributed by atoms with Crippen LogP contribution in [0.15, 0.2) is 121 Å². The molecule has 0 nitrogen and oxygen atoms in total. The molecular formula is C26H26Cl4Fe2P2Pd2. The van der Waals surface area contributed by atoms with Gasteiger partial charge in [0.1, 0.15) is 0 Å². The van der Waals surface area contributed by atoms with E-state index < -0.39 is 0 Å². The molecule has 0 heterocycles. The zero-order valence-electron chi connectivity index (χ0n) is 19.3. The molecule has 0 amide bonds. The van der Waals surface area contributed by atoms with Gasteiger partial charge in [-0.15, -0.1) is 0 Å². The Morgan fingerprint density at radius 3 is 0.667 bits per heavy atom. The van der Waals surface area contributed by atoms with Crippen LogP contribution in [0.4, 0.5) is 0 Å². The maximum absolute atomic E-state index is 4.76. The quantitative estimate of drug-likeness (QED) is 0.143. The van der Waals surface area contributed by atoms with Crippen LogP contribution in [0.2, 0.25) is 0 Å². The van der Waals surface area contributed by atoms with E-state index in [0.717, 1.165) is 0 Å². The molecule has 0 saturated carbocycles. The molecule has 4 aromatic carbocycles. The Morgan fingerprint density at radius 1 is 0.389 bits per heavy atom. The smallest absolute Gasteiger partial charge is 0 e. The number of hydrogen-bond donors (Lipinski definition) is 0. The molecule has 4 aromatic rings. The van der Waals surface area contributed by atoms with Crippen LogP contribution < -0.4 is 21.2 Å². The molecule has 0 fully saturated rings.